The summed E-state index contributed by atoms with van der Waals surface area (Å²) in [5.74, 6) is -2.36. The number of aryl methyl sites for hydroxylation is 2. The van der Waals surface area contributed by atoms with Crippen molar-refractivity contribution in [2.45, 2.75) is 13.5 Å². The van der Waals surface area contributed by atoms with Crippen molar-refractivity contribution in [1.29, 1.82) is 0 Å². The molecule has 2 aromatic heterocycles. The highest BCUT2D eigenvalue weighted by Crippen LogP contribution is 2.39. The summed E-state index contributed by atoms with van der Waals surface area (Å²) in [7, 11) is 7.43. The molecule has 0 radical (unpaired) electrons. The molecule has 0 unspecified atom stereocenters. The van der Waals surface area contributed by atoms with Crippen LogP contribution in [0, 0.1) is 6.92 Å². The first kappa shape index (κ1) is 29.4. The lowest BCUT2D eigenvalue weighted by atomic mass is 10.1. The highest BCUT2D eigenvalue weighted by molar-refractivity contribution is 6.04. The Bertz CT molecular complexity index is 1590. The predicted octanol–water partition coefficient (Wildman–Crippen LogP) is 5.71. The molecule has 2 heterocycles. The summed E-state index contributed by atoms with van der Waals surface area (Å²) < 4.78 is 47.5. The summed E-state index contributed by atoms with van der Waals surface area (Å²) in [6.45, 7) is 2.89. The van der Waals surface area contributed by atoms with Crippen LogP contribution in [-0.4, -0.2) is 66.2 Å². The minimum atomic E-state index is -3.13. The van der Waals surface area contributed by atoms with E-state index in [1.165, 1.54) is 12.1 Å². The van der Waals surface area contributed by atoms with E-state index in [0.29, 0.717) is 24.5 Å². The van der Waals surface area contributed by atoms with Crippen LogP contribution in [-0.2, 0) is 11.8 Å². The Labute approximate surface area is 236 Å². The molecular weight excluding hydrogens is 535 g/mol. The fourth-order valence-electron chi connectivity index (χ4n) is 4.36. The molecule has 41 heavy (non-hydrogen) atoms. The molecule has 9 nitrogen and oxygen atoms in total. The molecule has 0 atom stereocenters. The second-order valence-electron chi connectivity index (χ2n) is 9.85. The number of carbonyl (C=O) groups excluding carboxylic acids is 1. The predicted molar refractivity (Wildman–Crippen MR) is 156 cm³/mol. The fraction of sp³-hybridized carbons (Fsp3) is 0.276. The van der Waals surface area contributed by atoms with Crippen LogP contribution in [0.2, 0.25) is 0 Å². The third kappa shape index (κ3) is 6.77. The van der Waals surface area contributed by atoms with Crippen LogP contribution in [0.5, 0.6) is 5.75 Å². The number of amides is 1. The fourth-order valence-corrected chi connectivity index (χ4v) is 4.36. The summed E-state index contributed by atoms with van der Waals surface area (Å²) in [4.78, 5) is 24.9. The van der Waals surface area contributed by atoms with Gasteiger partial charge in [-0.05, 0) is 38.7 Å². The minimum Gasteiger partial charge on any atom is -0.433 e. The molecule has 2 N–H and O–H groups in total. The number of hydrogen-bond acceptors (Lipinski definition) is 7. The molecule has 0 aliphatic carbocycles. The molecule has 0 fully saturated rings. The first-order chi connectivity index (χ1) is 19.4. The molecule has 216 valence electrons. The Balaban J connectivity index is 1.79. The quantitative estimate of drug-likeness (QED) is 0.225. The van der Waals surface area contributed by atoms with Gasteiger partial charge < -0.3 is 29.7 Å². The van der Waals surface area contributed by atoms with Crippen molar-refractivity contribution in [3.63, 3.8) is 0 Å². The number of benzene rings is 2. The van der Waals surface area contributed by atoms with Crippen LogP contribution in [0.1, 0.15) is 5.56 Å². The Morgan fingerprint density at radius 3 is 2.56 bits per heavy atom. The molecule has 0 aliphatic rings. The van der Waals surface area contributed by atoms with Crippen LogP contribution in [0.4, 0.5) is 36.2 Å². The lowest BCUT2D eigenvalue weighted by Gasteiger charge is -2.26. The second-order valence-corrected chi connectivity index (χ2v) is 9.85. The number of carbonyl (C=O) groups is 1. The molecule has 0 spiro atoms. The molecule has 1 amide bonds. The van der Waals surface area contributed by atoms with Crippen LogP contribution in [0.3, 0.4) is 0 Å². The maximum Gasteiger partial charge on any atom is 0.387 e. The number of alkyl halides is 2. The van der Waals surface area contributed by atoms with Crippen LogP contribution in [0.15, 0.2) is 61.2 Å². The average molecular weight is 568 g/mol. The van der Waals surface area contributed by atoms with Crippen molar-refractivity contribution >= 4 is 39.8 Å². The van der Waals surface area contributed by atoms with Gasteiger partial charge in [0.25, 0.3) is 5.91 Å². The zero-order valence-electron chi connectivity index (χ0n) is 23.5. The van der Waals surface area contributed by atoms with Gasteiger partial charge in [0.15, 0.2) is 11.6 Å². The average Bonchev–Trinajstić information content (AvgIpc) is 3.25. The van der Waals surface area contributed by atoms with Crippen molar-refractivity contribution in [3.8, 4) is 17.0 Å². The SMILES string of the molecule is C=C(F)C(=O)Nc1cc(Nc2ncc(C)c(-c3cn(C)c4ccccc34)n2)c(OC(F)F)cc1N(C)CCN(C)C. The summed E-state index contributed by atoms with van der Waals surface area (Å²) in [5.41, 5.74) is 3.89. The smallest absolute Gasteiger partial charge is 0.387 e. The molecular formula is C29H32F3N7O2. The zero-order chi connectivity index (χ0) is 29.8. The van der Waals surface area contributed by atoms with Crippen LogP contribution in [0.25, 0.3) is 22.2 Å². The molecule has 12 heteroatoms. The molecule has 0 aliphatic heterocycles. The number of halogens is 3. The van der Waals surface area contributed by atoms with Crippen molar-refractivity contribution in [1.82, 2.24) is 19.4 Å². The Kier molecular flexibility index (Phi) is 8.82. The molecule has 0 bridgehead atoms. The van der Waals surface area contributed by atoms with Crippen LogP contribution < -0.4 is 20.3 Å². The third-order valence-electron chi connectivity index (χ3n) is 6.47. The lowest BCUT2D eigenvalue weighted by molar-refractivity contribution is -0.114. The summed E-state index contributed by atoms with van der Waals surface area (Å²) in [5, 5.41) is 6.40. The van der Waals surface area contributed by atoms with Gasteiger partial charge in [0, 0.05) is 62.1 Å². The maximum absolute atomic E-state index is 13.6. The summed E-state index contributed by atoms with van der Waals surface area (Å²) >= 11 is 0. The molecule has 0 saturated heterocycles. The van der Waals surface area contributed by atoms with E-state index in [0.717, 1.165) is 22.0 Å². The second kappa shape index (κ2) is 12.3. The number of hydrogen-bond donors (Lipinski definition) is 2. The topological polar surface area (TPSA) is 87.5 Å². The van der Waals surface area contributed by atoms with Gasteiger partial charge in [-0.2, -0.15) is 8.78 Å². The van der Waals surface area contributed by atoms with E-state index < -0.39 is 18.3 Å². The van der Waals surface area contributed by atoms with Gasteiger partial charge in [0.2, 0.25) is 5.95 Å². The minimum absolute atomic E-state index is 0.0440. The number of likely N-dealkylation sites (N-methyl/N-ethyl adjacent to an activating group) is 2. The molecule has 2 aromatic carbocycles. The first-order valence-corrected chi connectivity index (χ1v) is 12.7. The van der Waals surface area contributed by atoms with Gasteiger partial charge in [0.05, 0.1) is 22.8 Å². The van der Waals surface area contributed by atoms with Gasteiger partial charge in [-0.3, -0.25) is 4.79 Å². The van der Waals surface area contributed by atoms with E-state index in [4.69, 9.17) is 9.72 Å². The largest absolute Gasteiger partial charge is 0.433 e. The zero-order valence-corrected chi connectivity index (χ0v) is 23.5. The normalized spacial score (nSPS) is 11.3. The van der Waals surface area contributed by atoms with E-state index in [2.05, 4.69) is 22.2 Å². The first-order valence-electron chi connectivity index (χ1n) is 12.7. The van der Waals surface area contributed by atoms with Gasteiger partial charge in [-0.1, -0.05) is 24.8 Å². The van der Waals surface area contributed by atoms with Gasteiger partial charge in [0.1, 0.15) is 0 Å². The van der Waals surface area contributed by atoms with Crippen molar-refractivity contribution < 1.29 is 22.7 Å². The standard InChI is InChI=1S/C29H32F3N7O2/c1-17-15-33-29(36-26(17)20-16-39(6)23-10-8-7-9-19(20)23)35-22-13-21(34-27(40)18(2)30)24(14-25(22)41-28(31)32)38(5)12-11-37(3)4/h7-10,13-16,28H,2,11-12H2,1,3-6H3,(H,34,40)(H,33,35,36). The van der Waals surface area contributed by atoms with E-state index in [9.17, 15) is 18.0 Å². The van der Waals surface area contributed by atoms with E-state index in [1.54, 1.807) is 18.1 Å². The number of anilines is 4. The summed E-state index contributed by atoms with van der Waals surface area (Å²) in [6.07, 6.45) is 3.59. The highest BCUT2D eigenvalue weighted by Gasteiger charge is 2.21. The Hall–Kier alpha value is -4.58. The molecule has 4 rings (SSSR count). The van der Waals surface area contributed by atoms with Gasteiger partial charge >= 0.3 is 6.61 Å². The third-order valence-corrected chi connectivity index (χ3v) is 6.47. The van der Waals surface area contributed by atoms with Crippen LogP contribution >= 0.6 is 0 Å². The Morgan fingerprint density at radius 2 is 1.88 bits per heavy atom. The highest BCUT2D eigenvalue weighted by atomic mass is 19.3. The monoisotopic (exact) mass is 567 g/mol. The number of para-hydroxylation sites is 1. The van der Waals surface area contributed by atoms with Gasteiger partial charge in [-0.25, -0.2) is 14.4 Å². The lowest BCUT2D eigenvalue weighted by Crippen LogP contribution is -2.29. The summed E-state index contributed by atoms with van der Waals surface area (Å²) in [6, 6.07) is 10.6. The van der Waals surface area contributed by atoms with Crippen molar-refractivity contribution in [3.05, 3.63) is 66.8 Å². The Morgan fingerprint density at radius 1 is 1.15 bits per heavy atom. The number of rotatable bonds is 11. The number of nitrogens with one attached hydrogen (secondary N) is 2. The number of nitrogens with zero attached hydrogens (tertiary/aromatic N) is 5. The van der Waals surface area contributed by atoms with E-state index >= 15 is 0 Å². The van der Waals surface area contributed by atoms with Crippen molar-refractivity contribution in [2.75, 3.05) is 49.8 Å². The van der Waals surface area contributed by atoms with E-state index in [1.807, 2.05) is 68.0 Å². The number of aromatic nitrogens is 3. The number of fused-ring (bicyclic) bond motifs is 1. The van der Waals surface area contributed by atoms with Crippen molar-refractivity contribution in [2.24, 2.45) is 7.05 Å². The molecule has 0 saturated carbocycles. The van der Waals surface area contributed by atoms with E-state index in [-0.39, 0.29) is 23.1 Å². The van der Waals surface area contributed by atoms with Gasteiger partial charge in [-0.15, -0.1) is 0 Å². The maximum atomic E-state index is 13.6. The molecule has 4 aromatic rings. The number of ether oxygens (including phenoxy) is 1.